The summed E-state index contributed by atoms with van der Waals surface area (Å²) in [6, 6.07) is 0.789. The van der Waals surface area contributed by atoms with Gasteiger partial charge in [-0.2, -0.15) is 0 Å². The molecule has 0 radical (unpaired) electrons. The van der Waals surface area contributed by atoms with Crippen LogP contribution in [0.15, 0.2) is 4.99 Å². The minimum Gasteiger partial charge on any atom is -0.362 e. The Balaban J connectivity index is 1.80. The van der Waals surface area contributed by atoms with Crippen molar-refractivity contribution in [1.29, 1.82) is 0 Å². The molecule has 2 fully saturated rings. The lowest BCUT2D eigenvalue weighted by atomic mass is 10.1. The van der Waals surface area contributed by atoms with Crippen molar-refractivity contribution in [3.63, 3.8) is 0 Å². The number of carbonyl (C=O) groups is 1. The van der Waals surface area contributed by atoms with Gasteiger partial charge < -0.3 is 10.6 Å². The van der Waals surface area contributed by atoms with Crippen LogP contribution in [0, 0.1) is 5.92 Å². The van der Waals surface area contributed by atoms with E-state index in [1.54, 1.807) is 11.8 Å². The van der Waals surface area contributed by atoms with Gasteiger partial charge in [0.2, 0.25) is 5.91 Å². The van der Waals surface area contributed by atoms with E-state index in [0.717, 1.165) is 16.8 Å². The Morgan fingerprint density at radius 1 is 1.59 bits per heavy atom. The van der Waals surface area contributed by atoms with Crippen LogP contribution in [0.1, 0.15) is 33.1 Å². The maximum Gasteiger partial charge on any atom is 0.241 e. The number of rotatable bonds is 3. The Bertz CT molecular complexity index is 317. The number of nitrogens with one attached hydrogen (secondary N) is 2. The monoisotopic (exact) mass is 255 g/mol. The highest BCUT2D eigenvalue weighted by Crippen LogP contribution is 2.32. The molecule has 2 N–H and O–H groups in total. The molecule has 1 aliphatic carbocycles. The van der Waals surface area contributed by atoms with E-state index in [1.807, 2.05) is 13.8 Å². The van der Waals surface area contributed by atoms with Crippen LogP contribution >= 0.6 is 11.8 Å². The van der Waals surface area contributed by atoms with E-state index in [-0.39, 0.29) is 18.5 Å². The van der Waals surface area contributed by atoms with Crippen LogP contribution in [0.5, 0.6) is 0 Å². The summed E-state index contributed by atoms with van der Waals surface area (Å²) in [5, 5.41) is 7.25. The first-order valence-electron chi connectivity index (χ1n) is 6.38. The summed E-state index contributed by atoms with van der Waals surface area (Å²) in [5.74, 6) is 1.97. The summed E-state index contributed by atoms with van der Waals surface area (Å²) in [6.07, 6.45) is 3.91. The smallest absolute Gasteiger partial charge is 0.241 e. The minimum absolute atomic E-state index is 0.00319. The molecule has 0 aromatic carbocycles. The predicted octanol–water partition coefficient (Wildman–Crippen LogP) is 1.37. The van der Waals surface area contributed by atoms with E-state index in [9.17, 15) is 4.79 Å². The second kappa shape index (κ2) is 5.76. The largest absolute Gasteiger partial charge is 0.362 e. The number of nitrogens with zero attached hydrogens (tertiary/aromatic N) is 1. The van der Waals surface area contributed by atoms with E-state index < -0.39 is 0 Å². The van der Waals surface area contributed by atoms with Gasteiger partial charge in [0.15, 0.2) is 5.17 Å². The van der Waals surface area contributed by atoms with Gasteiger partial charge in [0.1, 0.15) is 6.54 Å². The molecule has 1 aliphatic heterocycles. The Morgan fingerprint density at radius 2 is 2.41 bits per heavy atom. The van der Waals surface area contributed by atoms with E-state index in [4.69, 9.17) is 0 Å². The third-order valence-electron chi connectivity index (χ3n) is 3.22. The highest BCUT2D eigenvalue weighted by Gasteiger charge is 2.31. The SMILES string of the molecule is CC(C)NC(=O)CN=C1NC2CCCC2CS1. The molecule has 2 atom stereocenters. The molecule has 2 rings (SSSR count). The number of amidine groups is 1. The fourth-order valence-electron chi connectivity index (χ4n) is 2.42. The Morgan fingerprint density at radius 3 is 3.18 bits per heavy atom. The molecule has 0 aromatic heterocycles. The zero-order valence-corrected chi connectivity index (χ0v) is 11.3. The molecule has 0 aromatic rings. The third kappa shape index (κ3) is 3.63. The van der Waals surface area contributed by atoms with Gasteiger partial charge in [0.25, 0.3) is 0 Å². The van der Waals surface area contributed by atoms with Gasteiger partial charge >= 0.3 is 0 Å². The zero-order valence-electron chi connectivity index (χ0n) is 10.5. The summed E-state index contributed by atoms with van der Waals surface area (Å²) in [7, 11) is 0. The lowest BCUT2D eigenvalue weighted by Crippen LogP contribution is -2.42. The molecular formula is C12H21N3OS. The maximum absolute atomic E-state index is 11.5. The van der Waals surface area contributed by atoms with Crippen LogP contribution in [0.4, 0.5) is 0 Å². The van der Waals surface area contributed by atoms with Crippen molar-refractivity contribution in [2.24, 2.45) is 10.9 Å². The first-order chi connectivity index (χ1) is 8.15. The molecule has 1 saturated heterocycles. The quantitative estimate of drug-likeness (QED) is 0.801. The number of aliphatic imine (C=N–C) groups is 1. The summed E-state index contributed by atoms with van der Waals surface area (Å²) in [5.41, 5.74) is 0. The molecule has 17 heavy (non-hydrogen) atoms. The van der Waals surface area contributed by atoms with Crippen molar-refractivity contribution >= 4 is 22.8 Å². The topological polar surface area (TPSA) is 53.5 Å². The van der Waals surface area contributed by atoms with Crippen molar-refractivity contribution in [2.75, 3.05) is 12.3 Å². The number of carbonyl (C=O) groups excluding carboxylic acids is 1. The van der Waals surface area contributed by atoms with E-state index in [2.05, 4.69) is 15.6 Å². The highest BCUT2D eigenvalue weighted by molar-refractivity contribution is 8.13. The fraction of sp³-hybridized carbons (Fsp3) is 0.833. The molecule has 2 unspecified atom stereocenters. The number of thioether (sulfide) groups is 1. The van der Waals surface area contributed by atoms with Gasteiger partial charge in [0, 0.05) is 17.8 Å². The summed E-state index contributed by atoms with van der Waals surface area (Å²) in [6.45, 7) is 4.16. The van der Waals surface area contributed by atoms with E-state index in [1.165, 1.54) is 19.3 Å². The summed E-state index contributed by atoms with van der Waals surface area (Å²) in [4.78, 5) is 15.8. The average molecular weight is 255 g/mol. The molecule has 2 aliphatic rings. The molecule has 96 valence electrons. The number of fused-ring (bicyclic) bond motifs is 1. The lowest BCUT2D eigenvalue weighted by molar-refractivity contribution is -0.120. The first-order valence-corrected chi connectivity index (χ1v) is 7.37. The third-order valence-corrected chi connectivity index (χ3v) is 4.33. The molecule has 0 bridgehead atoms. The van der Waals surface area contributed by atoms with Crippen molar-refractivity contribution in [3.05, 3.63) is 0 Å². The van der Waals surface area contributed by atoms with Gasteiger partial charge in [0.05, 0.1) is 0 Å². The minimum atomic E-state index is 0.00319. The number of amides is 1. The molecule has 1 saturated carbocycles. The summed E-state index contributed by atoms with van der Waals surface area (Å²) >= 11 is 1.76. The van der Waals surface area contributed by atoms with E-state index in [0.29, 0.717) is 6.04 Å². The van der Waals surface area contributed by atoms with Crippen molar-refractivity contribution in [1.82, 2.24) is 10.6 Å². The molecule has 5 heteroatoms. The van der Waals surface area contributed by atoms with Crippen LogP contribution in [-0.2, 0) is 4.79 Å². The predicted molar refractivity (Wildman–Crippen MR) is 72.3 cm³/mol. The standard InChI is InChI=1S/C12H21N3OS/c1-8(2)14-11(16)6-13-12-15-10-5-3-4-9(10)7-17-12/h8-10H,3-7H2,1-2H3,(H,13,15)(H,14,16). The van der Waals surface area contributed by atoms with Crippen LogP contribution in [0.2, 0.25) is 0 Å². The van der Waals surface area contributed by atoms with Crippen LogP contribution in [0.25, 0.3) is 0 Å². The van der Waals surface area contributed by atoms with Gasteiger partial charge in [-0.3, -0.25) is 9.79 Å². The van der Waals surface area contributed by atoms with Crippen LogP contribution < -0.4 is 10.6 Å². The highest BCUT2D eigenvalue weighted by atomic mass is 32.2. The number of hydrogen-bond donors (Lipinski definition) is 2. The van der Waals surface area contributed by atoms with Gasteiger partial charge in [-0.15, -0.1) is 0 Å². The normalized spacial score (nSPS) is 30.2. The van der Waals surface area contributed by atoms with Crippen molar-refractivity contribution < 1.29 is 4.79 Å². The lowest BCUT2D eigenvalue weighted by Gasteiger charge is -2.27. The van der Waals surface area contributed by atoms with Gasteiger partial charge in [-0.25, -0.2) is 0 Å². The Hall–Kier alpha value is -0.710. The zero-order chi connectivity index (χ0) is 12.3. The van der Waals surface area contributed by atoms with Crippen LogP contribution in [-0.4, -0.2) is 35.5 Å². The molecule has 0 spiro atoms. The first kappa shape index (κ1) is 12.7. The Kier molecular flexibility index (Phi) is 4.31. The van der Waals surface area contributed by atoms with Gasteiger partial charge in [-0.05, 0) is 32.6 Å². The molecule has 1 heterocycles. The molecular weight excluding hydrogens is 234 g/mol. The summed E-state index contributed by atoms with van der Waals surface area (Å²) < 4.78 is 0. The molecule has 1 amide bonds. The average Bonchev–Trinajstić information content (AvgIpc) is 2.72. The van der Waals surface area contributed by atoms with Crippen molar-refractivity contribution in [2.45, 2.75) is 45.2 Å². The Labute approximate surface area is 107 Å². The fourth-order valence-corrected chi connectivity index (χ4v) is 3.58. The van der Waals surface area contributed by atoms with Crippen molar-refractivity contribution in [3.8, 4) is 0 Å². The maximum atomic E-state index is 11.5. The van der Waals surface area contributed by atoms with Crippen LogP contribution in [0.3, 0.4) is 0 Å². The van der Waals surface area contributed by atoms with E-state index >= 15 is 0 Å². The second-order valence-electron chi connectivity index (χ2n) is 5.10. The number of hydrogen-bond acceptors (Lipinski definition) is 3. The second-order valence-corrected chi connectivity index (χ2v) is 6.11. The van der Waals surface area contributed by atoms with Gasteiger partial charge in [-0.1, -0.05) is 18.2 Å². The molecule has 4 nitrogen and oxygen atoms in total.